The van der Waals surface area contributed by atoms with Crippen molar-refractivity contribution in [3.05, 3.63) is 49.8 Å². The van der Waals surface area contributed by atoms with Crippen LogP contribution in [0.1, 0.15) is 5.56 Å². The first-order valence-electron chi connectivity index (χ1n) is 5.20. The second-order valence-electron chi connectivity index (χ2n) is 3.53. The van der Waals surface area contributed by atoms with Gasteiger partial charge in [-0.3, -0.25) is 10.1 Å². The highest BCUT2D eigenvalue weighted by molar-refractivity contribution is 9.10. The Balaban J connectivity index is 2.43. The van der Waals surface area contributed by atoms with Crippen molar-refractivity contribution >= 4 is 44.8 Å². The van der Waals surface area contributed by atoms with E-state index in [-0.39, 0.29) is 32.8 Å². The van der Waals surface area contributed by atoms with Gasteiger partial charge in [0.05, 0.1) is 16.4 Å². The first kappa shape index (κ1) is 15.0. The van der Waals surface area contributed by atoms with Gasteiger partial charge in [-0.05, 0) is 22.0 Å². The largest absolute Gasteiger partial charge is 0.437 e. The Morgan fingerprint density at radius 1 is 1.40 bits per heavy atom. The Bertz CT molecular complexity index is 669. The van der Waals surface area contributed by atoms with Gasteiger partial charge in [0, 0.05) is 6.07 Å². The third-order valence-corrected chi connectivity index (χ3v) is 3.72. The van der Waals surface area contributed by atoms with Crippen LogP contribution in [-0.4, -0.2) is 14.9 Å². The quantitative estimate of drug-likeness (QED) is 0.342. The number of benzene rings is 1. The molecule has 0 aliphatic heterocycles. The maximum Gasteiger partial charge on any atom is 0.287 e. The van der Waals surface area contributed by atoms with Crippen LogP contribution in [0.3, 0.4) is 0 Å². The second kappa shape index (κ2) is 6.34. The average Bonchev–Trinajstić information content (AvgIpc) is 2.41. The van der Waals surface area contributed by atoms with E-state index in [2.05, 4.69) is 25.9 Å². The number of hydrogen-bond acceptors (Lipinski definition) is 5. The van der Waals surface area contributed by atoms with Crippen molar-refractivity contribution in [2.75, 3.05) is 0 Å². The minimum atomic E-state index is -0.521. The van der Waals surface area contributed by atoms with Crippen molar-refractivity contribution in [3.8, 4) is 11.6 Å². The summed E-state index contributed by atoms with van der Waals surface area (Å²) in [5.41, 5.74) is 0.296. The average molecular weight is 379 g/mol. The van der Waals surface area contributed by atoms with E-state index in [9.17, 15) is 10.1 Å². The molecule has 0 saturated carbocycles. The van der Waals surface area contributed by atoms with E-state index in [0.29, 0.717) is 5.56 Å². The van der Waals surface area contributed by atoms with E-state index in [1.54, 1.807) is 6.07 Å². The van der Waals surface area contributed by atoms with Gasteiger partial charge in [0.25, 0.3) is 5.69 Å². The Morgan fingerprint density at radius 3 is 2.80 bits per heavy atom. The van der Waals surface area contributed by atoms with Gasteiger partial charge < -0.3 is 4.74 Å². The van der Waals surface area contributed by atoms with E-state index in [4.69, 9.17) is 27.9 Å². The molecule has 6 nitrogen and oxygen atoms in total. The minimum Gasteiger partial charge on any atom is -0.437 e. The van der Waals surface area contributed by atoms with Gasteiger partial charge in [-0.25, -0.2) is 9.97 Å². The van der Waals surface area contributed by atoms with Crippen LogP contribution in [-0.2, 0) is 5.88 Å². The number of ether oxygens (including phenoxy) is 1. The van der Waals surface area contributed by atoms with Crippen LogP contribution in [0.5, 0.6) is 11.6 Å². The van der Waals surface area contributed by atoms with Crippen LogP contribution in [0.4, 0.5) is 5.69 Å². The fourth-order valence-corrected chi connectivity index (χ4v) is 2.39. The zero-order chi connectivity index (χ0) is 14.7. The molecule has 0 aliphatic rings. The first-order valence-corrected chi connectivity index (χ1v) is 6.91. The third kappa shape index (κ3) is 3.00. The molecule has 2 rings (SSSR count). The Kier molecular flexibility index (Phi) is 4.74. The first-order chi connectivity index (χ1) is 9.54. The van der Waals surface area contributed by atoms with Crippen LogP contribution in [0.15, 0.2) is 29.0 Å². The molecule has 0 saturated heterocycles. The molecule has 1 aromatic heterocycles. The summed E-state index contributed by atoms with van der Waals surface area (Å²) in [5, 5.41) is 11.0. The highest BCUT2D eigenvalue weighted by Crippen LogP contribution is 2.37. The molecule has 0 amide bonds. The van der Waals surface area contributed by atoms with Crippen molar-refractivity contribution in [3.63, 3.8) is 0 Å². The molecule has 0 bridgehead atoms. The Morgan fingerprint density at radius 2 is 2.15 bits per heavy atom. The van der Waals surface area contributed by atoms with Crippen LogP contribution in [0.25, 0.3) is 0 Å². The van der Waals surface area contributed by atoms with E-state index in [1.165, 1.54) is 18.5 Å². The molecule has 0 unspecified atom stereocenters. The van der Waals surface area contributed by atoms with Crippen molar-refractivity contribution in [2.24, 2.45) is 0 Å². The van der Waals surface area contributed by atoms with E-state index in [0.717, 1.165) is 0 Å². The number of halogens is 3. The predicted octanol–water partition coefficient (Wildman–Crippen LogP) is 4.33. The molecule has 0 radical (unpaired) electrons. The number of nitrogens with zero attached hydrogens (tertiary/aromatic N) is 3. The molecule has 2 aromatic rings. The lowest BCUT2D eigenvalue weighted by molar-refractivity contribution is -0.385. The summed E-state index contributed by atoms with van der Waals surface area (Å²) in [4.78, 5) is 18.1. The lowest BCUT2D eigenvalue weighted by Gasteiger charge is -2.10. The lowest BCUT2D eigenvalue weighted by atomic mass is 10.3. The molecule has 0 atom stereocenters. The molecule has 0 fully saturated rings. The number of alkyl halides is 1. The van der Waals surface area contributed by atoms with Crippen molar-refractivity contribution in [1.82, 2.24) is 9.97 Å². The van der Waals surface area contributed by atoms with Crippen molar-refractivity contribution in [1.29, 1.82) is 0 Å². The summed E-state index contributed by atoms with van der Waals surface area (Å²) in [6, 6.07) is 4.42. The third-order valence-electron chi connectivity index (χ3n) is 2.33. The molecule has 9 heteroatoms. The molecular formula is C11H6BrCl2N3O3. The Labute approximate surface area is 132 Å². The molecule has 104 valence electrons. The van der Waals surface area contributed by atoms with E-state index >= 15 is 0 Å². The molecule has 1 aromatic carbocycles. The molecule has 0 aliphatic carbocycles. The molecule has 0 spiro atoms. The zero-order valence-electron chi connectivity index (χ0n) is 9.72. The minimum absolute atomic E-state index is 0.0571. The van der Waals surface area contributed by atoms with Crippen LogP contribution < -0.4 is 4.74 Å². The van der Waals surface area contributed by atoms with E-state index in [1.807, 2.05) is 0 Å². The van der Waals surface area contributed by atoms with Crippen LogP contribution in [0, 0.1) is 10.1 Å². The van der Waals surface area contributed by atoms with Gasteiger partial charge in [0.15, 0.2) is 5.75 Å². The molecular weight excluding hydrogens is 373 g/mol. The summed E-state index contributed by atoms with van der Waals surface area (Å²) in [5.74, 6) is 0.447. The molecule has 20 heavy (non-hydrogen) atoms. The summed E-state index contributed by atoms with van der Waals surface area (Å²) >= 11 is 14.8. The topological polar surface area (TPSA) is 78.2 Å². The monoisotopic (exact) mass is 377 g/mol. The number of aromatic nitrogens is 2. The highest BCUT2D eigenvalue weighted by Gasteiger charge is 2.18. The van der Waals surface area contributed by atoms with Crippen LogP contribution >= 0.6 is 39.1 Å². The highest BCUT2D eigenvalue weighted by atomic mass is 79.9. The number of hydrogen-bond donors (Lipinski definition) is 0. The van der Waals surface area contributed by atoms with Gasteiger partial charge >= 0.3 is 0 Å². The van der Waals surface area contributed by atoms with Crippen molar-refractivity contribution < 1.29 is 9.66 Å². The lowest BCUT2D eigenvalue weighted by Crippen LogP contribution is -1.97. The standard InChI is InChI=1S/C11H6BrCl2N3O3/c12-9-7(17(18)19)2-1-3-8(9)20-11-6(4-13)10(14)15-5-16-11/h1-3,5H,4H2. The summed E-state index contributed by atoms with van der Waals surface area (Å²) < 4.78 is 5.74. The second-order valence-corrected chi connectivity index (χ2v) is 4.95. The van der Waals surface area contributed by atoms with Gasteiger partial charge in [-0.15, -0.1) is 11.6 Å². The predicted molar refractivity (Wildman–Crippen MR) is 77.5 cm³/mol. The fourth-order valence-electron chi connectivity index (χ4n) is 1.40. The summed E-state index contributed by atoms with van der Waals surface area (Å²) in [6.45, 7) is 0. The van der Waals surface area contributed by atoms with Gasteiger partial charge in [-0.2, -0.15) is 0 Å². The Hall–Kier alpha value is -1.44. The maximum absolute atomic E-state index is 10.9. The smallest absolute Gasteiger partial charge is 0.287 e. The number of rotatable bonds is 4. The molecule has 1 heterocycles. The number of nitro groups is 1. The van der Waals surface area contributed by atoms with Gasteiger partial charge in [0.1, 0.15) is 16.0 Å². The summed E-state index contributed by atoms with van der Waals surface area (Å²) in [6.07, 6.45) is 1.22. The zero-order valence-corrected chi connectivity index (χ0v) is 12.8. The number of nitro benzene ring substituents is 1. The summed E-state index contributed by atoms with van der Waals surface area (Å²) in [7, 11) is 0. The maximum atomic E-state index is 10.9. The van der Waals surface area contributed by atoms with Crippen LogP contribution in [0.2, 0.25) is 5.15 Å². The van der Waals surface area contributed by atoms with Crippen molar-refractivity contribution in [2.45, 2.75) is 5.88 Å². The normalized spacial score (nSPS) is 10.3. The van der Waals surface area contributed by atoms with Gasteiger partial charge in [0.2, 0.25) is 5.88 Å². The fraction of sp³-hybridized carbons (Fsp3) is 0.0909. The SMILES string of the molecule is O=[N+]([O-])c1cccc(Oc2ncnc(Cl)c2CCl)c1Br. The van der Waals surface area contributed by atoms with Gasteiger partial charge in [-0.1, -0.05) is 17.7 Å². The molecule has 0 N–H and O–H groups in total. The van der Waals surface area contributed by atoms with E-state index < -0.39 is 4.92 Å².